The number of aromatic nitrogens is 2. The van der Waals surface area contributed by atoms with E-state index in [4.69, 9.17) is 15.7 Å². The van der Waals surface area contributed by atoms with Crippen LogP contribution in [0.15, 0.2) is 42.7 Å². The van der Waals surface area contributed by atoms with Gasteiger partial charge in [-0.15, -0.1) is 5.26 Å². The molecule has 0 bridgehead atoms. The van der Waals surface area contributed by atoms with Crippen molar-refractivity contribution >= 4 is 16.9 Å². The molecule has 0 saturated carbocycles. The highest BCUT2D eigenvalue weighted by Gasteiger charge is 2.13. The number of nitriles is 2. The van der Waals surface area contributed by atoms with Crippen LogP contribution < -0.4 is 10.5 Å². The van der Waals surface area contributed by atoms with Crippen LogP contribution in [0.2, 0.25) is 0 Å². The van der Waals surface area contributed by atoms with Gasteiger partial charge in [0.25, 0.3) is 6.26 Å². The van der Waals surface area contributed by atoms with E-state index in [2.05, 4.69) is 11.1 Å². The van der Waals surface area contributed by atoms with Crippen LogP contribution >= 0.6 is 0 Å². The smallest absolute Gasteiger partial charge is 0.292 e. The SMILES string of the molecule is N#COc1cnc2c(c1)c(C#N)cn2-c1ccc(C(N)=O)cc1. The Balaban J connectivity index is 2.16. The monoisotopic (exact) mass is 303 g/mol. The summed E-state index contributed by atoms with van der Waals surface area (Å²) >= 11 is 0. The molecule has 3 aromatic rings. The van der Waals surface area contributed by atoms with Crippen LogP contribution in [-0.4, -0.2) is 15.5 Å². The van der Waals surface area contributed by atoms with Gasteiger partial charge in [-0.1, -0.05) is 0 Å². The zero-order chi connectivity index (χ0) is 16.4. The van der Waals surface area contributed by atoms with Crippen molar-refractivity contribution in [3.05, 3.63) is 53.9 Å². The number of hydrogen-bond acceptors (Lipinski definition) is 5. The van der Waals surface area contributed by atoms with E-state index in [0.717, 1.165) is 5.69 Å². The Morgan fingerprint density at radius 1 is 1.26 bits per heavy atom. The minimum atomic E-state index is -0.511. The van der Waals surface area contributed by atoms with Gasteiger partial charge in [0.2, 0.25) is 5.91 Å². The van der Waals surface area contributed by atoms with Gasteiger partial charge < -0.3 is 10.5 Å². The predicted octanol–water partition coefficient (Wildman–Crippen LogP) is 1.86. The molecule has 3 rings (SSSR count). The Kier molecular flexibility index (Phi) is 3.38. The molecule has 0 fully saturated rings. The summed E-state index contributed by atoms with van der Waals surface area (Å²) in [6, 6.07) is 10.3. The highest BCUT2D eigenvalue weighted by Crippen LogP contribution is 2.26. The summed E-state index contributed by atoms with van der Waals surface area (Å²) in [7, 11) is 0. The molecule has 0 atom stereocenters. The summed E-state index contributed by atoms with van der Waals surface area (Å²) in [5.74, 6) is -0.249. The lowest BCUT2D eigenvalue weighted by Gasteiger charge is -2.05. The summed E-state index contributed by atoms with van der Waals surface area (Å²) in [6.45, 7) is 0. The van der Waals surface area contributed by atoms with Crippen LogP contribution in [0, 0.1) is 22.8 Å². The van der Waals surface area contributed by atoms with Crippen molar-refractivity contribution in [3.63, 3.8) is 0 Å². The average molecular weight is 303 g/mol. The van der Waals surface area contributed by atoms with Crippen molar-refractivity contribution in [2.45, 2.75) is 0 Å². The molecule has 0 unspecified atom stereocenters. The summed E-state index contributed by atoms with van der Waals surface area (Å²) in [4.78, 5) is 15.4. The van der Waals surface area contributed by atoms with E-state index >= 15 is 0 Å². The molecule has 0 aliphatic heterocycles. The fourth-order valence-corrected chi connectivity index (χ4v) is 2.27. The summed E-state index contributed by atoms with van der Waals surface area (Å²) in [5.41, 5.74) is 7.28. The van der Waals surface area contributed by atoms with Gasteiger partial charge in [-0.25, -0.2) is 4.98 Å². The number of carbonyl (C=O) groups excluding carboxylic acids is 1. The molecule has 1 amide bonds. The minimum absolute atomic E-state index is 0.262. The molecular weight excluding hydrogens is 294 g/mol. The van der Waals surface area contributed by atoms with Crippen molar-refractivity contribution in [3.8, 4) is 23.8 Å². The summed E-state index contributed by atoms with van der Waals surface area (Å²) in [6.07, 6.45) is 4.60. The molecule has 0 aliphatic rings. The Morgan fingerprint density at radius 2 is 2.00 bits per heavy atom. The molecule has 7 nitrogen and oxygen atoms in total. The quantitative estimate of drug-likeness (QED) is 0.741. The molecule has 1 aromatic carbocycles. The maximum Gasteiger partial charge on any atom is 0.292 e. The largest absolute Gasteiger partial charge is 0.386 e. The normalized spacial score (nSPS) is 10.0. The molecule has 2 heterocycles. The number of hydrogen-bond donors (Lipinski definition) is 1. The van der Waals surface area contributed by atoms with Crippen LogP contribution in [0.1, 0.15) is 15.9 Å². The molecule has 0 saturated heterocycles. The van der Waals surface area contributed by atoms with Crippen LogP contribution in [0.5, 0.6) is 5.75 Å². The predicted molar refractivity (Wildman–Crippen MR) is 80.5 cm³/mol. The maximum atomic E-state index is 11.1. The zero-order valence-corrected chi connectivity index (χ0v) is 11.7. The minimum Gasteiger partial charge on any atom is -0.386 e. The molecule has 0 radical (unpaired) electrons. The van der Waals surface area contributed by atoms with Crippen LogP contribution in [-0.2, 0) is 0 Å². The summed E-state index contributed by atoms with van der Waals surface area (Å²) in [5, 5.41) is 18.4. The number of nitrogens with two attached hydrogens (primary N) is 1. The second-order valence-corrected chi connectivity index (χ2v) is 4.67. The van der Waals surface area contributed by atoms with Crippen molar-refractivity contribution in [2.24, 2.45) is 5.73 Å². The number of pyridine rings is 1. The Labute approximate surface area is 130 Å². The number of nitrogens with zero attached hydrogens (tertiary/aromatic N) is 4. The first kappa shape index (κ1) is 14.1. The van der Waals surface area contributed by atoms with Gasteiger partial charge in [0.1, 0.15) is 11.7 Å². The van der Waals surface area contributed by atoms with E-state index in [-0.39, 0.29) is 5.75 Å². The fourth-order valence-electron chi connectivity index (χ4n) is 2.27. The van der Waals surface area contributed by atoms with Crippen molar-refractivity contribution in [1.29, 1.82) is 10.5 Å². The second-order valence-electron chi connectivity index (χ2n) is 4.67. The van der Waals surface area contributed by atoms with E-state index < -0.39 is 5.91 Å². The van der Waals surface area contributed by atoms with Crippen LogP contribution in [0.25, 0.3) is 16.7 Å². The lowest BCUT2D eigenvalue weighted by Crippen LogP contribution is -2.10. The molecular formula is C16H9N5O2. The van der Waals surface area contributed by atoms with Gasteiger partial charge in [-0.05, 0) is 30.3 Å². The van der Waals surface area contributed by atoms with Gasteiger partial charge in [-0.2, -0.15) is 5.26 Å². The molecule has 0 aliphatic carbocycles. The number of amides is 1. The molecule has 110 valence electrons. The van der Waals surface area contributed by atoms with Crippen molar-refractivity contribution in [1.82, 2.24) is 9.55 Å². The van der Waals surface area contributed by atoms with Crippen molar-refractivity contribution < 1.29 is 9.53 Å². The molecule has 2 aromatic heterocycles. The van der Waals surface area contributed by atoms with Gasteiger partial charge >= 0.3 is 0 Å². The number of fused-ring (bicyclic) bond motifs is 1. The summed E-state index contributed by atoms with van der Waals surface area (Å²) < 4.78 is 6.46. The molecule has 23 heavy (non-hydrogen) atoms. The van der Waals surface area contributed by atoms with Gasteiger partial charge in [0, 0.05) is 22.8 Å². The molecule has 0 spiro atoms. The third kappa shape index (κ3) is 2.43. The third-order valence-corrected chi connectivity index (χ3v) is 3.33. The first-order valence-electron chi connectivity index (χ1n) is 6.51. The highest BCUT2D eigenvalue weighted by atomic mass is 16.5. The van der Waals surface area contributed by atoms with Crippen LogP contribution in [0.4, 0.5) is 0 Å². The first-order chi connectivity index (χ1) is 11.1. The van der Waals surface area contributed by atoms with E-state index in [1.165, 1.54) is 6.20 Å². The van der Waals surface area contributed by atoms with Gasteiger partial charge in [0.15, 0.2) is 5.75 Å². The van der Waals surface area contributed by atoms with E-state index in [9.17, 15) is 10.1 Å². The van der Waals surface area contributed by atoms with E-state index in [0.29, 0.717) is 22.2 Å². The molecule has 2 N–H and O–H groups in total. The number of rotatable bonds is 3. The average Bonchev–Trinajstić information content (AvgIpc) is 2.93. The lowest BCUT2D eigenvalue weighted by atomic mass is 10.2. The second kappa shape index (κ2) is 5.51. The Bertz CT molecular complexity index is 990. The number of ether oxygens (including phenoxy) is 1. The maximum absolute atomic E-state index is 11.1. The molecule has 7 heteroatoms. The third-order valence-electron chi connectivity index (χ3n) is 3.33. The van der Waals surface area contributed by atoms with Crippen molar-refractivity contribution in [2.75, 3.05) is 0 Å². The van der Waals surface area contributed by atoms with Gasteiger partial charge in [-0.3, -0.25) is 9.36 Å². The van der Waals surface area contributed by atoms with Crippen LogP contribution in [0.3, 0.4) is 0 Å². The Morgan fingerprint density at radius 3 is 2.61 bits per heavy atom. The van der Waals surface area contributed by atoms with E-state index in [1.807, 2.05) is 0 Å². The number of primary amides is 1. The Hall–Kier alpha value is -3.84. The standard InChI is InChI=1S/C16H9N5O2/c17-6-11-8-21(12-3-1-10(2-4-12)15(19)22)16-14(11)5-13(7-20-16)23-9-18/h1-5,7-8H,(H2,19,22). The fraction of sp³-hybridized carbons (Fsp3) is 0. The number of carbonyl (C=O) groups is 1. The van der Waals surface area contributed by atoms with Gasteiger partial charge in [0.05, 0.1) is 11.8 Å². The topological polar surface area (TPSA) is 118 Å². The zero-order valence-electron chi connectivity index (χ0n) is 11.7. The van der Waals surface area contributed by atoms with E-state index in [1.54, 1.807) is 47.4 Å². The number of benzene rings is 1. The lowest BCUT2D eigenvalue weighted by molar-refractivity contribution is 0.100. The highest BCUT2D eigenvalue weighted by molar-refractivity contribution is 5.93. The first-order valence-corrected chi connectivity index (χ1v) is 6.51.